The second-order valence-electron chi connectivity index (χ2n) is 5.73. The standard InChI is InChI=1S/C20H18N2O2/c23-22-18-8-4-5-9-19(18)24-20(22)21-14-15-10-12-17(13-11-15)16-6-2-1-3-7-16/h1-13,20-21,23H,14H2. The van der Waals surface area contributed by atoms with Crippen LogP contribution < -0.4 is 15.1 Å². The van der Waals surface area contributed by atoms with Crippen LogP contribution in [0.15, 0.2) is 78.9 Å². The summed E-state index contributed by atoms with van der Waals surface area (Å²) in [5, 5.41) is 14.5. The molecule has 24 heavy (non-hydrogen) atoms. The second-order valence-corrected chi connectivity index (χ2v) is 5.73. The topological polar surface area (TPSA) is 44.7 Å². The van der Waals surface area contributed by atoms with Gasteiger partial charge in [0.05, 0.1) is 0 Å². The molecule has 0 aliphatic carbocycles. The van der Waals surface area contributed by atoms with Crippen molar-refractivity contribution in [3.8, 4) is 16.9 Å². The lowest BCUT2D eigenvalue weighted by Crippen LogP contribution is -2.44. The number of benzene rings is 3. The van der Waals surface area contributed by atoms with Crippen molar-refractivity contribution in [3.05, 3.63) is 84.4 Å². The van der Waals surface area contributed by atoms with Gasteiger partial charge in [0.1, 0.15) is 11.4 Å². The van der Waals surface area contributed by atoms with Gasteiger partial charge in [-0.05, 0) is 28.8 Å². The summed E-state index contributed by atoms with van der Waals surface area (Å²) in [5.41, 5.74) is 4.19. The first-order valence-electron chi connectivity index (χ1n) is 7.93. The molecule has 0 radical (unpaired) electrons. The molecule has 1 unspecified atom stereocenters. The van der Waals surface area contributed by atoms with Crippen LogP contribution in [-0.2, 0) is 6.54 Å². The van der Waals surface area contributed by atoms with E-state index in [9.17, 15) is 5.21 Å². The highest BCUT2D eigenvalue weighted by atomic mass is 16.6. The lowest BCUT2D eigenvalue weighted by Gasteiger charge is -2.19. The summed E-state index contributed by atoms with van der Waals surface area (Å²) < 4.78 is 5.70. The normalized spacial score (nSPS) is 15.9. The molecule has 3 aromatic carbocycles. The van der Waals surface area contributed by atoms with Gasteiger partial charge < -0.3 is 4.74 Å². The maximum atomic E-state index is 10.2. The van der Waals surface area contributed by atoms with E-state index < -0.39 is 6.35 Å². The number of hydrogen-bond acceptors (Lipinski definition) is 4. The van der Waals surface area contributed by atoms with Gasteiger partial charge >= 0.3 is 0 Å². The summed E-state index contributed by atoms with van der Waals surface area (Å²) in [5.74, 6) is 0.678. The highest BCUT2D eigenvalue weighted by Crippen LogP contribution is 2.34. The van der Waals surface area contributed by atoms with Gasteiger partial charge in [0, 0.05) is 6.54 Å². The Bertz CT molecular complexity index is 819. The predicted octanol–water partition coefficient (Wildman–Crippen LogP) is 4.02. The van der Waals surface area contributed by atoms with E-state index in [1.807, 2.05) is 42.5 Å². The number of para-hydroxylation sites is 2. The third kappa shape index (κ3) is 2.85. The molecule has 4 nitrogen and oxygen atoms in total. The van der Waals surface area contributed by atoms with Crippen molar-refractivity contribution in [2.45, 2.75) is 12.9 Å². The molecule has 0 saturated heterocycles. The van der Waals surface area contributed by atoms with E-state index in [1.54, 1.807) is 0 Å². The highest BCUT2D eigenvalue weighted by Gasteiger charge is 2.28. The van der Waals surface area contributed by atoms with Crippen molar-refractivity contribution < 1.29 is 9.94 Å². The first-order valence-corrected chi connectivity index (χ1v) is 7.93. The van der Waals surface area contributed by atoms with Crippen molar-refractivity contribution in [3.63, 3.8) is 0 Å². The van der Waals surface area contributed by atoms with E-state index >= 15 is 0 Å². The van der Waals surface area contributed by atoms with Gasteiger partial charge in [0.15, 0.2) is 0 Å². The Morgan fingerprint density at radius 2 is 1.50 bits per heavy atom. The fourth-order valence-corrected chi connectivity index (χ4v) is 2.82. The Kier molecular flexibility index (Phi) is 3.91. The van der Waals surface area contributed by atoms with E-state index in [2.05, 4.69) is 41.7 Å². The molecule has 0 aromatic heterocycles. The maximum absolute atomic E-state index is 10.2. The predicted molar refractivity (Wildman–Crippen MR) is 93.8 cm³/mol. The Balaban J connectivity index is 1.40. The van der Waals surface area contributed by atoms with E-state index in [0.29, 0.717) is 18.0 Å². The minimum atomic E-state index is -0.573. The number of fused-ring (bicyclic) bond motifs is 1. The SMILES string of the molecule is ON1c2ccccc2OC1NCc1ccc(-c2ccccc2)cc1. The lowest BCUT2D eigenvalue weighted by atomic mass is 10.0. The number of ether oxygens (including phenoxy) is 1. The molecule has 120 valence electrons. The molecule has 1 atom stereocenters. The zero-order valence-corrected chi connectivity index (χ0v) is 13.1. The van der Waals surface area contributed by atoms with Crippen molar-refractivity contribution in [1.29, 1.82) is 0 Å². The molecule has 0 fully saturated rings. The minimum absolute atomic E-state index is 0.573. The van der Waals surface area contributed by atoms with Crippen LogP contribution in [0.3, 0.4) is 0 Å². The Labute approximate surface area is 140 Å². The molecule has 2 N–H and O–H groups in total. The summed E-state index contributed by atoms with van der Waals surface area (Å²) in [4.78, 5) is 0. The first kappa shape index (κ1) is 14.8. The van der Waals surface area contributed by atoms with Crippen LogP contribution in [0.2, 0.25) is 0 Å². The van der Waals surface area contributed by atoms with Gasteiger partial charge in [-0.25, -0.2) is 0 Å². The Morgan fingerprint density at radius 1 is 0.833 bits per heavy atom. The largest absolute Gasteiger partial charge is 0.453 e. The van der Waals surface area contributed by atoms with Crippen LogP contribution in [0.25, 0.3) is 11.1 Å². The van der Waals surface area contributed by atoms with Crippen molar-refractivity contribution in [2.75, 3.05) is 5.06 Å². The number of nitrogens with one attached hydrogen (secondary N) is 1. The van der Waals surface area contributed by atoms with Crippen LogP contribution in [0.4, 0.5) is 5.69 Å². The quantitative estimate of drug-likeness (QED) is 0.763. The molecular weight excluding hydrogens is 300 g/mol. The molecule has 4 heteroatoms. The third-order valence-electron chi connectivity index (χ3n) is 4.11. The smallest absolute Gasteiger partial charge is 0.252 e. The molecule has 0 spiro atoms. The number of nitrogens with zero attached hydrogens (tertiary/aromatic N) is 1. The third-order valence-corrected chi connectivity index (χ3v) is 4.11. The summed E-state index contributed by atoms with van der Waals surface area (Å²) in [6.07, 6.45) is -0.573. The lowest BCUT2D eigenvalue weighted by molar-refractivity contribution is 0.0861. The number of hydroxylamine groups is 1. The van der Waals surface area contributed by atoms with Crippen LogP contribution in [-0.4, -0.2) is 11.6 Å². The monoisotopic (exact) mass is 318 g/mol. The molecule has 4 rings (SSSR count). The Hall–Kier alpha value is -2.82. The zero-order valence-electron chi connectivity index (χ0n) is 13.1. The summed E-state index contributed by atoms with van der Waals surface area (Å²) >= 11 is 0. The van der Waals surface area contributed by atoms with Crippen molar-refractivity contribution in [2.24, 2.45) is 0 Å². The van der Waals surface area contributed by atoms with E-state index in [0.717, 1.165) is 10.6 Å². The van der Waals surface area contributed by atoms with Crippen LogP contribution in [0.5, 0.6) is 5.75 Å². The van der Waals surface area contributed by atoms with Crippen molar-refractivity contribution in [1.82, 2.24) is 5.32 Å². The van der Waals surface area contributed by atoms with Gasteiger partial charge in [0.2, 0.25) is 0 Å². The first-order chi connectivity index (χ1) is 11.8. The number of anilines is 1. The van der Waals surface area contributed by atoms with Crippen LogP contribution in [0, 0.1) is 0 Å². The minimum Gasteiger partial charge on any atom is -0.453 e. The van der Waals surface area contributed by atoms with Crippen LogP contribution >= 0.6 is 0 Å². The highest BCUT2D eigenvalue weighted by molar-refractivity contribution is 5.63. The van der Waals surface area contributed by atoms with Gasteiger partial charge in [-0.1, -0.05) is 66.7 Å². The fourth-order valence-electron chi connectivity index (χ4n) is 2.82. The molecule has 1 heterocycles. The van der Waals surface area contributed by atoms with Crippen LogP contribution in [0.1, 0.15) is 5.56 Å². The van der Waals surface area contributed by atoms with Gasteiger partial charge in [-0.2, -0.15) is 5.06 Å². The van der Waals surface area contributed by atoms with E-state index in [1.165, 1.54) is 11.1 Å². The summed E-state index contributed by atoms with van der Waals surface area (Å²) in [6.45, 7) is 0.602. The average molecular weight is 318 g/mol. The average Bonchev–Trinajstić information content (AvgIpc) is 2.97. The molecule has 0 bridgehead atoms. The number of hydrogen-bond donors (Lipinski definition) is 2. The summed E-state index contributed by atoms with van der Waals surface area (Å²) in [7, 11) is 0. The molecular formula is C20H18N2O2. The fraction of sp³-hybridized carbons (Fsp3) is 0.100. The van der Waals surface area contributed by atoms with E-state index in [4.69, 9.17) is 4.74 Å². The van der Waals surface area contributed by atoms with Gasteiger partial charge in [-0.15, -0.1) is 0 Å². The maximum Gasteiger partial charge on any atom is 0.252 e. The van der Waals surface area contributed by atoms with Gasteiger partial charge in [0.25, 0.3) is 6.35 Å². The zero-order chi connectivity index (χ0) is 16.4. The molecule has 1 aliphatic heterocycles. The van der Waals surface area contributed by atoms with Crippen molar-refractivity contribution >= 4 is 5.69 Å². The van der Waals surface area contributed by atoms with Gasteiger partial charge in [-0.3, -0.25) is 10.5 Å². The molecule has 0 saturated carbocycles. The second kappa shape index (κ2) is 6.35. The molecule has 3 aromatic rings. The Morgan fingerprint density at radius 3 is 2.25 bits per heavy atom. The van der Waals surface area contributed by atoms with E-state index in [-0.39, 0.29) is 0 Å². The summed E-state index contributed by atoms with van der Waals surface area (Å²) in [6, 6.07) is 26.1. The molecule has 0 amide bonds. The number of rotatable bonds is 4. The molecule has 1 aliphatic rings.